The van der Waals surface area contributed by atoms with E-state index in [4.69, 9.17) is 4.42 Å². The van der Waals surface area contributed by atoms with Crippen LogP contribution in [-0.2, 0) is 4.79 Å². The Morgan fingerprint density at radius 1 is 1.11 bits per heavy atom. The van der Waals surface area contributed by atoms with E-state index in [0.717, 1.165) is 32.4 Å². The van der Waals surface area contributed by atoms with Crippen molar-refractivity contribution in [2.45, 2.75) is 31.5 Å². The second-order valence-corrected chi connectivity index (χ2v) is 6.79. The van der Waals surface area contributed by atoms with E-state index in [2.05, 4.69) is 10.2 Å². The predicted octanol–water partition coefficient (Wildman–Crippen LogP) is 4.57. The Kier molecular flexibility index (Phi) is 6.57. The van der Waals surface area contributed by atoms with Crippen LogP contribution in [0.5, 0.6) is 0 Å². The number of furan rings is 1. The van der Waals surface area contributed by atoms with Crippen molar-refractivity contribution in [3.05, 3.63) is 66.1 Å². The number of piperidine rings is 1. The number of halogens is 3. The summed E-state index contributed by atoms with van der Waals surface area (Å²) in [7, 11) is 0. The zero-order chi connectivity index (χ0) is 20.0. The lowest BCUT2D eigenvalue weighted by Gasteiger charge is -2.33. The van der Waals surface area contributed by atoms with Gasteiger partial charge in [0.2, 0.25) is 5.91 Å². The molecule has 1 unspecified atom stereocenters. The summed E-state index contributed by atoms with van der Waals surface area (Å²) in [5.41, 5.74) is -0.998. The summed E-state index contributed by atoms with van der Waals surface area (Å²) in [6.45, 7) is 1.92. The molecule has 1 atom stereocenters. The van der Waals surface area contributed by atoms with Gasteiger partial charge in [0.05, 0.1) is 17.9 Å². The van der Waals surface area contributed by atoms with Crippen molar-refractivity contribution in [3.8, 4) is 0 Å². The summed E-state index contributed by atoms with van der Waals surface area (Å²) in [6.07, 6.45) is 0.832. The van der Waals surface area contributed by atoms with E-state index < -0.39 is 17.7 Å². The molecular weight excluding hydrogens is 369 g/mol. The van der Waals surface area contributed by atoms with Gasteiger partial charge in [0.25, 0.3) is 0 Å². The van der Waals surface area contributed by atoms with Gasteiger partial charge in [0, 0.05) is 12.6 Å². The topological polar surface area (TPSA) is 45.5 Å². The molecule has 7 heteroatoms. The molecule has 2 heterocycles. The molecule has 1 saturated heterocycles. The molecule has 1 aromatic carbocycles. The Labute approximate surface area is 162 Å². The fourth-order valence-electron chi connectivity index (χ4n) is 3.45. The molecular formula is C21H23F3N2O2. The second kappa shape index (κ2) is 9.10. The minimum atomic E-state index is -4.62. The number of likely N-dealkylation sites (tertiary alicyclic amines) is 1. The maximum atomic E-state index is 13.4. The first-order valence-corrected chi connectivity index (χ1v) is 9.35. The molecule has 0 aliphatic carbocycles. The van der Waals surface area contributed by atoms with Crippen LogP contribution in [0.4, 0.5) is 13.2 Å². The van der Waals surface area contributed by atoms with Gasteiger partial charge in [-0.15, -0.1) is 0 Å². The molecule has 0 saturated carbocycles. The van der Waals surface area contributed by atoms with E-state index in [0.29, 0.717) is 11.8 Å². The van der Waals surface area contributed by atoms with Gasteiger partial charge in [-0.3, -0.25) is 9.69 Å². The summed E-state index contributed by atoms with van der Waals surface area (Å²) >= 11 is 0. The highest BCUT2D eigenvalue weighted by atomic mass is 19.4. The Morgan fingerprint density at radius 3 is 2.43 bits per heavy atom. The first-order valence-electron chi connectivity index (χ1n) is 9.35. The maximum Gasteiger partial charge on any atom is 0.417 e. The Morgan fingerprint density at radius 2 is 1.82 bits per heavy atom. The molecule has 0 spiro atoms. The number of carbonyl (C=O) groups is 1. The molecule has 28 heavy (non-hydrogen) atoms. The fraction of sp³-hybridized carbons (Fsp3) is 0.381. The zero-order valence-corrected chi connectivity index (χ0v) is 15.4. The summed E-state index contributed by atoms with van der Waals surface area (Å²) in [4.78, 5) is 14.5. The van der Waals surface area contributed by atoms with Gasteiger partial charge in [0.1, 0.15) is 5.76 Å². The molecule has 1 aliphatic heterocycles. The van der Waals surface area contributed by atoms with E-state index in [-0.39, 0.29) is 18.2 Å². The Balaban J connectivity index is 1.73. The normalized spacial score (nSPS) is 17.3. The SMILES string of the molecule is O=C(/C=C(/c1ccccc1)C(F)(F)F)NCC(c1ccco1)N1CCCCC1. The van der Waals surface area contributed by atoms with E-state index in [9.17, 15) is 18.0 Å². The van der Waals surface area contributed by atoms with Crippen LogP contribution in [0.15, 0.2) is 59.2 Å². The molecule has 2 aromatic rings. The van der Waals surface area contributed by atoms with Gasteiger partial charge in [-0.05, 0) is 43.6 Å². The highest BCUT2D eigenvalue weighted by molar-refractivity contribution is 5.96. The van der Waals surface area contributed by atoms with Crippen LogP contribution >= 0.6 is 0 Å². The third-order valence-electron chi connectivity index (χ3n) is 4.84. The molecule has 3 rings (SSSR count). The second-order valence-electron chi connectivity index (χ2n) is 6.79. The number of hydrogen-bond donors (Lipinski definition) is 1. The smallest absolute Gasteiger partial charge is 0.417 e. The predicted molar refractivity (Wildman–Crippen MR) is 100 cm³/mol. The summed E-state index contributed by atoms with van der Waals surface area (Å²) in [5, 5.41) is 2.62. The molecule has 4 nitrogen and oxygen atoms in total. The van der Waals surface area contributed by atoms with Gasteiger partial charge in [-0.1, -0.05) is 36.8 Å². The van der Waals surface area contributed by atoms with Crippen LogP contribution in [0.1, 0.15) is 36.6 Å². The molecule has 0 bridgehead atoms. The summed E-state index contributed by atoms with van der Waals surface area (Å²) in [6, 6.07) is 10.7. The van der Waals surface area contributed by atoms with Crippen molar-refractivity contribution in [2.24, 2.45) is 0 Å². The van der Waals surface area contributed by atoms with Crippen molar-refractivity contribution in [3.63, 3.8) is 0 Å². The van der Waals surface area contributed by atoms with Crippen LogP contribution in [0.2, 0.25) is 0 Å². The quantitative estimate of drug-likeness (QED) is 0.733. The molecule has 1 aliphatic rings. The first kappa shape index (κ1) is 20.2. The van der Waals surface area contributed by atoms with Gasteiger partial charge in [-0.25, -0.2) is 0 Å². The third kappa shape index (κ3) is 5.25. The van der Waals surface area contributed by atoms with Crippen LogP contribution in [-0.4, -0.2) is 36.6 Å². The van der Waals surface area contributed by atoms with E-state index in [1.54, 1.807) is 18.4 Å². The Bertz CT molecular complexity index is 780. The number of carbonyl (C=O) groups excluding carboxylic acids is 1. The lowest BCUT2D eigenvalue weighted by Crippen LogP contribution is -2.40. The largest absolute Gasteiger partial charge is 0.468 e. The third-order valence-corrected chi connectivity index (χ3v) is 4.84. The van der Waals surface area contributed by atoms with Crippen molar-refractivity contribution in [1.29, 1.82) is 0 Å². The minimum Gasteiger partial charge on any atom is -0.468 e. The summed E-state index contributed by atoms with van der Waals surface area (Å²) < 4.78 is 45.7. The average Bonchev–Trinajstić information content (AvgIpc) is 3.21. The summed E-state index contributed by atoms with van der Waals surface area (Å²) in [5.74, 6) is -0.0740. The minimum absolute atomic E-state index is 0.0382. The standard InChI is InChI=1S/C21H23F3N2O2/c22-21(23,24)17(16-8-3-1-4-9-16)14-20(27)25-15-18(19-10-7-13-28-19)26-11-5-2-6-12-26/h1,3-4,7-10,13-14,18H,2,5-6,11-12,15H2,(H,25,27)/b17-14-. The highest BCUT2D eigenvalue weighted by Crippen LogP contribution is 2.33. The average molecular weight is 392 g/mol. The number of amides is 1. The van der Waals surface area contributed by atoms with Crippen molar-refractivity contribution < 1.29 is 22.4 Å². The van der Waals surface area contributed by atoms with E-state index in [1.807, 2.05) is 6.07 Å². The molecule has 1 aromatic heterocycles. The van der Waals surface area contributed by atoms with Gasteiger partial charge >= 0.3 is 6.18 Å². The van der Waals surface area contributed by atoms with Crippen molar-refractivity contribution in [1.82, 2.24) is 10.2 Å². The zero-order valence-electron chi connectivity index (χ0n) is 15.4. The first-order chi connectivity index (χ1) is 13.4. The molecule has 1 amide bonds. The molecule has 0 radical (unpaired) electrons. The van der Waals surface area contributed by atoms with Crippen molar-refractivity contribution >= 4 is 11.5 Å². The van der Waals surface area contributed by atoms with Crippen LogP contribution < -0.4 is 5.32 Å². The fourth-order valence-corrected chi connectivity index (χ4v) is 3.45. The van der Waals surface area contributed by atoms with E-state index in [1.165, 1.54) is 24.3 Å². The van der Waals surface area contributed by atoms with E-state index >= 15 is 0 Å². The molecule has 150 valence electrons. The number of hydrogen-bond acceptors (Lipinski definition) is 3. The number of allylic oxidation sites excluding steroid dienone is 1. The van der Waals surface area contributed by atoms with Gasteiger partial charge < -0.3 is 9.73 Å². The van der Waals surface area contributed by atoms with Crippen LogP contribution in [0, 0.1) is 0 Å². The Hall–Kier alpha value is -2.54. The number of rotatable bonds is 6. The maximum absolute atomic E-state index is 13.4. The number of alkyl halides is 3. The monoisotopic (exact) mass is 392 g/mol. The lowest BCUT2D eigenvalue weighted by atomic mass is 10.0. The van der Waals surface area contributed by atoms with Crippen molar-refractivity contribution in [2.75, 3.05) is 19.6 Å². The lowest BCUT2D eigenvalue weighted by molar-refractivity contribution is -0.117. The number of benzene rings is 1. The molecule has 1 N–H and O–H groups in total. The highest BCUT2D eigenvalue weighted by Gasteiger charge is 2.35. The van der Waals surface area contributed by atoms with Gasteiger partial charge in [0.15, 0.2) is 0 Å². The van der Waals surface area contributed by atoms with Crippen LogP contribution in [0.3, 0.4) is 0 Å². The number of nitrogens with one attached hydrogen (secondary N) is 1. The molecule has 1 fully saturated rings. The van der Waals surface area contributed by atoms with Gasteiger partial charge in [-0.2, -0.15) is 13.2 Å². The number of nitrogens with zero attached hydrogens (tertiary/aromatic N) is 1. The van der Waals surface area contributed by atoms with Crippen LogP contribution in [0.25, 0.3) is 5.57 Å².